The fourth-order valence-corrected chi connectivity index (χ4v) is 4.25. The number of aromatic nitrogens is 1. The molecule has 1 unspecified atom stereocenters. The molecule has 1 saturated heterocycles. The van der Waals surface area contributed by atoms with E-state index in [9.17, 15) is 19.2 Å². The minimum Gasteiger partial charge on any atom is -0.334 e. The summed E-state index contributed by atoms with van der Waals surface area (Å²) in [6.45, 7) is 7.89. The van der Waals surface area contributed by atoms with Crippen LogP contribution in [0, 0.1) is 5.92 Å². The highest BCUT2D eigenvalue weighted by molar-refractivity contribution is 6.30. The van der Waals surface area contributed by atoms with Crippen LogP contribution in [0.4, 0.5) is 11.4 Å². The zero-order chi connectivity index (χ0) is 24.4. The van der Waals surface area contributed by atoms with Gasteiger partial charge in [0.15, 0.2) is 0 Å². The van der Waals surface area contributed by atoms with Gasteiger partial charge in [-0.2, -0.15) is 0 Å². The van der Waals surface area contributed by atoms with Gasteiger partial charge in [0.2, 0.25) is 11.8 Å². The van der Waals surface area contributed by atoms with Gasteiger partial charge in [-0.3, -0.25) is 19.2 Å². The lowest BCUT2D eigenvalue weighted by atomic mass is 10.1. The van der Waals surface area contributed by atoms with Crippen molar-refractivity contribution in [2.24, 2.45) is 13.0 Å². The zero-order valence-corrected chi connectivity index (χ0v) is 20.2. The predicted molar refractivity (Wildman–Crippen MR) is 129 cm³/mol. The summed E-state index contributed by atoms with van der Waals surface area (Å²) in [4.78, 5) is 54.4. The van der Waals surface area contributed by atoms with Crippen LogP contribution in [0.15, 0.2) is 41.3 Å². The summed E-state index contributed by atoms with van der Waals surface area (Å²) in [7, 11) is 1.53. The molecule has 8 nitrogen and oxygen atoms in total. The highest BCUT2D eigenvalue weighted by Crippen LogP contribution is 2.27. The Morgan fingerprint density at radius 2 is 1.70 bits per heavy atom. The van der Waals surface area contributed by atoms with Crippen LogP contribution in [0.3, 0.4) is 0 Å². The van der Waals surface area contributed by atoms with Crippen molar-refractivity contribution in [2.45, 2.75) is 46.2 Å². The first kappa shape index (κ1) is 24.5. The van der Waals surface area contributed by atoms with Gasteiger partial charge in [-0.15, -0.1) is 0 Å². The molecule has 3 amide bonds. The first-order chi connectivity index (χ1) is 15.5. The van der Waals surface area contributed by atoms with E-state index in [4.69, 9.17) is 11.6 Å². The number of carbonyl (C=O) groups excluding carboxylic acids is 3. The smallest absolute Gasteiger partial charge is 0.274 e. The van der Waals surface area contributed by atoms with Crippen LogP contribution in [0.1, 0.15) is 44.5 Å². The molecule has 33 heavy (non-hydrogen) atoms. The average molecular weight is 473 g/mol. The molecule has 0 spiro atoms. The lowest BCUT2D eigenvalue weighted by Crippen LogP contribution is -2.42. The molecule has 9 heteroatoms. The second-order valence-electron chi connectivity index (χ2n) is 8.83. The zero-order valence-electron chi connectivity index (χ0n) is 19.5. The fraction of sp³-hybridized carbons (Fsp3) is 0.417. The summed E-state index contributed by atoms with van der Waals surface area (Å²) in [6, 6.07) is 8.16. The fourth-order valence-electron chi connectivity index (χ4n) is 4.12. The predicted octanol–water partition coefficient (Wildman–Crippen LogP) is 3.29. The SMILES string of the molecule is CC(C)N(C(=O)c1cc(NC(=O)C2CC(=O)N(c3ccc(Cl)cc3)C2)c(=O)n(C)c1)C(C)C. The Labute approximate surface area is 198 Å². The molecular weight excluding hydrogens is 444 g/mol. The van der Waals surface area contributed by atoms with Gasteiger partial charge >= 0.3 is 0 Å². The van der Waals surface area contributed by atoms with E-state index in [-0.39, 0.29) is 42.6 Å². The molecule has 0 aliphatic carbocycles. The van der Waals surface area contributed by atoms with Crippen LogP contribution in [-0.4, -0.2) is 45.8 Å². The minimum absolute atomic E-state index is 0.0122. The highest BCUT2D eigenvalue weighted by atomic mass is 35.5. The van der Waals surface area contributed by atoms with Gasteiger partial charge in [0, 0.05) is 49.0 Å². The molecule has 1 aromatic carbocycles. The largest absolute Gasteiger partial charge is 0.334 e. The number of anilines is 2. The lowest BCUT2D eigenvalue weighted by molar-refractivity contribution is -0.122. The Hall–Kier alpha value is -3.13. The molecule has 1 aromatic heterocycles. The third-order valence-corrected chi connectivity index (χ3v) is 5.92. The molecule has 0 saturated carbocycles. The van der Waals surface area contributed by atoms with Crippen LogP contribution in [0.2, 0.25) is 5.02 Å². The molecule has 2 aromatic rings. The van der Waals surface area contributed by atoms with Crippen molar-refractivity contribution in [3.8, 4) is 0 Å². The summed E-state index contributed by atoms with van der Waals surface area (Å²) in [6.07, 6.45) is 1.50. The van der Waals surface area contributed by atoms with Crippen molar-refractivity contribution in [1.82, 2.24) is 9.47 Å². The van der Waals surface area contributed by atoms with Crippen LogP contribution in [0.5, 0.6) is 0 Å². The highest BCUT2D eigenvalue weighted by Gasteiger charge is 2.35. The van der Waals surface area contributed by atoms with E-state index in [1.165, 1.54) is 28.8 Å². The first-order valence-electron chi connectivity index (χ1n) is 10.9. The van der Waals surface area contributed by atoms with Crippen molar-refractivity contribution in [3.05, 3.63) is 57.5 Å². The number of halogens is 1. The third kappa shape index (κ3) is 5.27. The van der Waals surface area contributed by atoms with Gasteiger partial charge in [0.25, 0.3) is 11.5 Å². The van der Waals surface area contributed by atoms with E-state index in [0.717, 1.165) is 0 Å². The quantitative estimate of drug-likeness (QED) is 0.698. The van der Waals surface area contributed by atoms with E-state index in [0.29, 0.717) is 16.3 Å². The third-order valence-electron chi connectivity index (χ3n) is 5.67. The van der Waals surface area contributed by atoms with Crippen molar-refractivity contribution in [2.75, 3.05) is 16.8 Å². The Morgan fingerprint density at radius 3 is 2.27 bits per heavy atom. The molecule has 3 rings (SSSR count). The number of benzene rings is 1. The molecule has 1 N–H and O–H groups in total. The van der Waals surface area contributed by atoms with E-state index in [1.807, 2.05) is 27.7 Å². The normalized spacial score (nSPS) is 15.9. The van der Waals surface area contributed by atoms with Crippen LogP contribution in [0.25, 0.3) is 0 Å². The monoisotopic (exact) mass is 472 g/mol. The standard InChI is InChI=1S/C24H29ClN4O4/c1-14(2)29(15(3)4)23(32)17-10-20(24(33)27(5)12-17)26-22(31)16-11-21(30)28(13-16)19-8-6-18(25)7-9-19/h6-10,12,14-16H,11,13H2,1-5H3,(H,26,31). The number of nitrogens with one attached hydrogen (secondary N) is 1. The molecule has 0 bridgehead atoms. The van der Waals surface area contributed by atoms with E-state index >= 15 is 0 Å². The van der Waals surface area contributed by atoms with Crippen LogP contribution < -0.4 is 15.8 Å². The van der Waals surface area contributed by atoms with Crippen LogP contribution in [-0.2, 0) is 16.6 Å². The molecule has 1 aliphatic rings. The molecule has 1 aliphatic heterocycles. The molecular formula is C24H29ClN4O4. The maximum absolute atomic E-state index is 13.1. The van der Waals surface area contributed by atoms with E-state index in [1.54, 1.807) is 29.2 Å². The number of hydrogen-bond donors (Lipinski definition) is 1. The summed E-state index contributed by atoms with van der Waals surface area (Å²) in [5.74, 6) is -1.47. The van der Waals surface area contributed by atoms with E-state index in [2.05, 4.69) is 5.32 Å². The number of rotatable bonds is 6. The van der Waals surface area contributed by atoms with Gasteiger partial charge in [0.05, 0.1) is 11.5 Å². The Balaban J connectivity index is 1.81. The van der Waals surface area contributed by atoms with Gasteiger partial charge in [-0.05, 0) is 58.0 Å². The van der Waals surface area contributed by atoms with Crippen LogP contribution >= 0.6 is 11.6 Å². The Kier molecular flexibility index (Phi) is 7.27. The number of nitrogens with zero attached hydrogens (tertiary/aromatic N) is 3. The van der Waals surface area contributed by atoms with E-state index < -0.39 is 17.4 Å². The maximum atomic E-state index is 13.1. The number of carbonyl (C=O) groups is 3. The second kappa shape index (κ2) is 9.79. The second-order valence-corrected chi connectivity index (χ2v) is 9.27. The lowest BCUT2D eigenvalue weighted by Gasteiger charge is -2.31. The average Bonchev–Trinajstić information content (AvgIpc) is 3.13. The number of amides is 3. The first-order valence-corrected chi connectivity index (χ1v) is 11.3. The van der Waals surface area contributed by atoms with Crippen molar-refractivity contribution in [3.63, 3.8) is 0 Å². The van der Waals surface area contributed by atoms with Crippen molar-refractivity contribution < 1.29 is 14.4 Å². The van der Waals surface area contributed by atoms with Gasteiger partial charge in [0.1, 0.15) is 5.69 Å². The number of pyridine rings is 1. The number of hydrogen-bond acceptors (Lipinski definition) is 4. The molecule has 1 fully saturated rings. The van der Waals surface area contributed by atoms with Gasteiger partial charge < -0.3 is 19.7 Å². The summed E-state index contributed by atoms with van der Waals surface area (Å²) >= 11 is 5.91. The minimum atomic E-state index is -0.625. The molecule has 176 valence electrons. The molecule has 2 heterocycles. The van der Waals surface area contributed by atoms with Crippen molar-refractivity contribution in [1.29, 1.82) is 0 Å². The summed E-state index contributed by atoms with van der Waals surface area (Å²) in [5.41, 5.74) is 0.545. The van der Waals surface area contributed by atoms with Crippen molar-refractivity contribution >= 4 is 40.7 Å². The summed E-state index contributed by atoms with van der Waals surface area (Å²) in [5, 5.41) is 3.20. The van der Waals surface area contributed by atoms with Gasteiger partial charge in [-0.1, -0.05) is 11.6 Å². The number of aryl methyl sites for hydroxylation is 1. The molecule has 0 radical (unpaired) electrons. The Morgan fingerprint density at radius 1 is 1.09 bits per heavy atom. The molecule has 1 atom stereocenters. The topological polar surface area (TPSA) is 91.7 Å². The summed E-state index contributed by atoms with van der Waals surface area (Å²) < 4.78 is 1.28. The maximum Gasteiger partial charge on any atom is 0.274 e. The van der Waals surface area contributed by atoms with Gasteiger partial charge in [-0.25, -0.2) is 0 Å². The Bertz CT molecular complexity index is 1120.